The Bertz CT molecular complexity index is 689. The fraction of sp³-hybridized carbons (Fsp3) is 0.450. The van der Waals surface area contributed by atoms with E-state index in [0.29, 0.717) is 13.1 Å². The van der Waals surface area contributed by atoms with E-state index in [2.05, 4.69) is 33.5 Å². The molecule has 2 rings (SSSR count). The minimum Gasteiger partial charge on any atom is -0.489 e. The number of benzene rings is 1. The number of ether oxygens (including phenoxy) is 1. The molecule has 2 aromatic rings. The molecule has 0 spiro atoms. The lowest BCUT2D eigenvalue weighted by atomic mass is 10.2. The number of aliphatic imine (C=N–C) groups is 1. The van der Waals surface area contributed by atoms with Crippen LogP contribution < -0.4 is 15.4 Å². The first-order valence-corrected chi connectivity index (χ1v) is 8.87. The van der Waals surface area contributed by atoms with Gasteiger partial charge in [0.2, 0.25) is 0 Å². The molecule has 6 nitrogen and oxygen atoms in total. The fourth-order valence-corrected chi connectivity index (χ4v) is 2.64. The molecule has 1 aromatic heterocycles. The van der Waals surface area contributed by atoms with Gasteiger partial charge in [0, 0.05) is 13.6 Å². The third kappa shape index (κ3) is 7.80. The van der Waals surface area contributed by atoms with Crippen molar-refractivity contribution in [2.75, 3.05) is 34.2 Å². The van der Waals surface area contributed by atoms with E-state index in [4.69, 9.17) is 9.15 Å². The Morgan fingerprint density at radius 2 is 1.93 bits per heavy atom. The van der Waals surface area contributed by atoms with Gasteiger partial charge in [0.15, 0.2) is 5.96 Å². The van der Waals surface area contributed by atoms with Crippen LogP contribution in [0.15, 0.2) is 52.1 Å². The monoisotopic (exact) mass is 486 g/mol. The van der Waals surface area contributed by atoms with Crippen LogP contribution in [0.1, 0.15) is 24.3 Å². The molecular weight excluding hydrogens is 455 g/mol. The van der Waals surface area contributed by atoms with Crippen molar-refractivity contribution in [2.24, 2.45) is 4.99 Å². The minimum atomic E-state index is 0. The van der Waals surface area contributed by atoms with Gasteiger partial charge in [-0.25, -0.2) is 0 Å². The summed E-state index contributed by atoms with van der Waals surface area (Å²) in [4.78, 5) is 6.40. The Labute approximate surface area is 179 Å². The molecular formula is C20H31IN4O2. The lowest BCUT2D eigenvalue weighted by molar-refractivity contribution is 0.223. The molecule has 0 bridgehead atoms. The zero-order valence-corrected chi connectivity index (χ0v) is 19.1. The van der Waals surface area contributed by atoms with E-state index in [1.807, 2.05) is 51.4 Å². The second kappa shape index (κ2) is 11.9. The highest BCUT2D eigenvalue weighted by molar-refractivity contribution is 14.0. The van der Waals surface area contributed by atoms with Crippen molar-refractivity contribution in [3.05, 3.63) is 54.0 Å². The summed E-state index contributed by atoms with van der Waals surface area (Å²) in [5.41, 5.74) is 1.19. The molecule has 150 valence electrons. The summed E-state index contributed by atoms with van der Waals surface area (Å²) in [5.74, 6) is 2.55. The average Bonchev–Trinajstić information content (AvgIpc) is 3.11. The quantitative estimate of drug-likeness (QED) is 0.340. The van der Waals surface area contributed by atoms with E-state index >= 15 is 0 Å². The number of nitrogens with one attached hydrogen (secondary N) is 2. The largest absolute Gasteiger partial charge is 0.489 e. The van der Waals surface area contributed by atoms with Gasteiger partial charge in [-0.2, -0.15) is 0 Å². The molecule has 2 unspecified atom stereocenters. The third-order valence-corrected chi connectivity index (χ3v) is 4.07. The molecule has 1 heterocycles. The van der Waals surface area contributed by atoms with Gasteiger partial charge >= 0.3 is 0 Å². The smallest absolute Gasteiger partial charge is 0.191 e. The first-order chi connectivity index (χ1) is 12.5. The molecule has 0 radical (unpaired) electrons. The molecule has 1 aromatic carbocycles. The molecule has 27 heavy (non-hydrogen) atoms. The standard InChI is InChI=1S/C20H30N4O2.HI/c1-15-8-6-9-17(12-15)26-16(2)13-22-20(21-3)23-14-18(24(4)5)19-10-7-11-25-19;/h6-12,16,18H,13-14H2,1-5H3,(H2,21,22,23);1H. The minimum absolute atomic E-state index is 0. The maximum absolute atomic E-state index is 5.94. The summed E-state index contributed by atoms with van der Waals surface area (Å²) in [6.07, 6.45) is 1.72. The first kappa shape index (κ1) is 23.3. The number of halogens is 1. The molecule has 0 aliphatic rings. The molecule has 0 fully saturated rings. The van der Waals surface area contributed by atoms with Crippen LogP contribution in [-0.4, -0.2) is 51.2 Å². The number of likely N-dealkylation sites (N-methyl/N-ethyl adjacent to an activating group) is 1. The normalized spacial score (nSPS) is 13.6. The van der Waals surface area contributed by atoms with E-state index in [1.165, 1.54) is 5.56 Å². The van der Waals surface area contributed by atoms with Crippen LogP contribution in [0.2, 0.25) is 0 Å². The number of aryl methyl sites for hydroxylation is 1. The van der Waals surface area contributed by atoms with Crippen molar-refractivity contribution in [3.8, 4) is 5.75 Å². The van der Waals surface area contributed by atoms with Crippen LogP contribution in [0.4, 0.5) is 0 Å². The number of nitrogens with zero attached hydrogens (tertiary/aromatic N) is 2. The predicted molar refractivity (Wildman–Crippen MR) is 121 cm³/mol. The molecule has 0 saturated carbocycles. The average molecular weight is 486 g/mol. The van der Waals surface area contributed by atoms with Crippen molar-refractivity contribution in [1.29, 1.82) is 0 Å². The SMILES string of the molecule is CN=C(NCC(C)Oc1cccc(C)c1)NCC(c1ccco1)N(C)C.I. The van der Waals surface area contributed by atoms with E-state index in [1.54, 1.807) is 13.3 Å². The second-order valence-corrected chi connectivity index (χ2v) is 6.57. The van der Waals surface area contributed by atoms with E-state index < -0.39 is 0 Å². The van der Waals surface area contributed by atoms with Crippen molar-refractivity contribution in [1.82, 2.24) is 15.5 Å². The maximum atomic E-state index is 5.94. The van der Waals surface area contributed by atoms with Crippen LogP contribution in [0.5, 0.6) is 5.75 Å². The lowest BCUT2D eigenvalue weighted by Gasteiger charge is -2.24. The molecule has 2 N–H and O–H groups in total. The fourth-order valence-electron chi connectivity index (χ4n) is 2.64. The van der Waals surface area contributed by atoms with Gasteiger partial charge in [-0.1, -0.05) is 12.1 Å². The van der Waals surface area contributed by atoms with Crippen molar-refractivity contribution < 1.29 is 9.15 Å². The summed E-state index contributed by atoms with van der Waals surface area (Å²) in [6.45, 7) is 5.43. The number of rotatable bonds is 8. The van der Waals surface area contributed by atoms with Gasteiger partial charge in [-0.05, 0) is 57.8 Å². The van der Waals surface area contributed by atoms with Crippen molar-refractivity contribution in [2.45, 2.75) is 26.0 Å². The number of guanidine groups is 1. The van der Waals surface area contributed by atoms with Gasteiger partial charge in [0.05, 0.1) is 18.8 Å². The Hall–Kier alpha value is -1.74. The van der Waals surface area contributed by atoms with Crippen LogP contribution in [0, 0.1) is 6.92 Å². The molecule has 0 aliphatic carbocycles. The Kier molecular flexibility index (Phi) is 10.2. The highest BCUT2D eigenvalue weighted by Gasteiger charge is 2.17. The Morgan fingerprint density at radius 3 is 2.52 bits per heavy atom. The summed E-state index contributed by atoms with van der Waals surface area (Å²) < 4.78 is 11.5. The molecule has 0 saturated heterocycles. The summed E-state index contributed by atoms with van der Waals surface area (Å²) in [5, 5.41) is 6.66. The first-order valence-electron chi connectivity index (χ1n) is 8.87. The third-order valence-electron chi connectivity index (χ3n) is 4.07. The zero-order valence-electron chi connectivity index (χ0n) is 16.7. The maximum Gasteiger partial charge on any atom is 0.191 e. The second-order valence-electron chi connectivity index (χ2n) is 6.57. The Morgan fingerprint density at radius 1 is 1.19 bits per heavy atom. The zero-order chi connectivity index (χ0) is 18.9. The summed E-state index contributed by atoms with van der Waals surface area (Å²) >= 11 is 0. The lowest BCUT2D eigenvalue weighted by Crippen LogP contribution is -2.44. The van der Waals surface area contributed by atoms with Crippen LogP contribution in [0.25, 0.3) is 0 Å². The van der Waals surface area contributed by atoms with Gasteiger partial charge < -0.3 is 19.8 Å². The van der Waals surface area contributed by atoms with E-state index in [9.17, 15) is 0 Å². The van der Waals surface area contributed by atoms with Gasteiger partial charge in [-0.3, -0.25) is 9.89 Å². The molecule has 0 amide bonds. The van der Waals surface area contributed by atoms with Crippen molar-refractivity contribution >= 4 is 29.9 Å². The summed E-state index contributed by atoms with van der Waals surface area (Å²) in [7, 11) is 5.82. The highest BCUT2D eigenvalue weighted by atomic mass is 127. The van der Waals surface area contributed by atoms with Crippen molar-refractivity contribution in [3.63, 3.8) is 0 Å². The van der Waals surface area contributed by atoms with E-state index in [0.717, 1.165) is 17.5 Å². The highest BCUT2D eigenvalue weighted by Crippen LogP contribution is 2.17. The molecule has 0 aliphatic heterocycles. The van der Waals surface area contributed by atoms with Gasteiger partial charge in [0.1, 0.15) is 17.6 Å². The number of hydrogen-bond acceptors (Lipinski definition) is 4. The number of furan rings is 1. The molecule has 7 heteroatoms. The molecule has 2 atom stereocenters. The topological polar surface area (TPSA) is 62.0 Å². The van der Waals surface area contributed by atoms with E-state index in [-0.39, 0.29) is 36.1 Å². The van der Waals surface area contributed by atoms with Gasteiger partial charge in [0.25, 0.3) is 0 Å². The Balaban J connectivity index is 0.00000364. The summed E-state index contributed by atoms with van der Waals surface area (Å²) in [6, 6.07) is 12.1. The van der Waals surface area contributed by atoms with Crippen LogP contribution >= 0.6 is 24.0 Å². The van der Waals surface area contributed by atoms with Crippen LogP contribution in [-0.2, 0) is 0 Å². The number of hydrogen-bond donors (Lipinski definition) is 2. The van der Waals surface area contributed by atoms with Gasteiger partial charge in [-0.15, -0.1) is 24.0 Å². The predicted octanol–water partition coefficient (Wildman–Crippen LogP) is 3.44. The van der Waals surface area contributed by atoms with Crippen LogP contribution in [0.3, 0.4) is 0 Å².